The molecule has 1 aromatic rings. The summed E-state index contributed by atoms with van der Waals surface area (Å²) in [4.78, 5) is 4.51. The maximum absolute atomic E-state index is 11.3. The third kappa shape index (κ3) is 5.74. The number of guanidine groups is 1. The summed E-state index contributed by atoms with van der Waals surface area (Å²) >= 11 is 0. The van der Waals surface area contributed by atoms with Crippen LogP contribution in [0, 0.1) is 0 Å². The van der Waals surface area contributed by atoms with Gasteiger partial charge in [-0.15, -0.1) is 0 Å². The Morgan fingerprint density at radius 1 is 1.32 bits per heavy atom. The molecule has 0 unspecified atom stereocenters. The van der Waals surface area contributed by atoms with Gasteiger partial charge in [-0.2, -0.15) is 0 Å². The van der Waals surface area contributed by atoms with Crippen LogP contribution in [0.4, 0.5) is 0 Å². The fraction of sp³-hybridized carbons (Fsp3) is 0.462. The smallest absolute Gasteiger partial charge is 0.188 e. The third-order valence-corrected chi connectivity index (χ3v) is 3.75. The summed E-state index contributed by atoms with van der Waals surface area (Å²) < 4.78 is 22.6. The van der Waals surface area contributed by atoms with E-state index in [9.17, 15) is 8.42 Å². The molecule has 19 heavy (non-hydrogen) atoms. The third-order valence-electron chi connectivity index (χ3n) is 2.62. The number of nitrogens with two attached hydrogens (primary N) is 1. The zero-order valence-corrected chi connectivity index (χ0v) is 12.2. The molecule has 3 N–H and O–H groups in total. The van der Waals surface area contributed by atoms with Gasteiger partial charge in [-0.05, 0) is 24.1 Å². The van der Waals surface area contributed by atoms with Gasteiger partial charge in [0.05, 0.1) is 11.4 Å². The van der Waals surface area contributed by atoms with Crippen LogP contribution in [-0.2, 0) is 16.4 Å². The molecule has 0 aliphatic carbocycles. The minimum atomic E-state index is -3.14. The molecule has 0 amide bonds. The summed E-state index contributed by atoms with van der Waals surface area (Å²) in [6, 6.07) is 6.67. The molecule has 0 aromatic heterocycles. The van der Waals surface area contributed by atoms with E-state index < -0.39 is 9.84 Å². The largest absolute Gasteiger partial charge is 0.370 e. The number of benzene rings is 1. The average Bonchev–Trinajstić information content (AvgIpc) is 2.36. The second-order valence-electron chi connectivity index (χ2n) is 4.40. The first-order chi connectivity index (χ1) is 8.93. The van der Waals surface area contributed by atoms with Gasteiger partial charge in [0, 0.05) is 12.8 Å². The van der Waals surface area contributed by atoms with E-state index in [4.69, 9.17) is 5.73 Å². The van der Waals surface area contributed by atoms with Crippen LogP contribution in [-0.4, -0.2) is 27.2 Å². The maximum atomic E-state index is 11.3. The summed E-state index contributed by atoms with van der Waals surface area (Å²) in [5, 5.41) is 3.02. The van der Waals surface area contributed by atoms with E-state index >= 15 is 0 Å². The SMILES string of the molecule is CCCCNC(N)=NCc1ccc(S(C)(=O)=O)cc1. The second-order valence-corrected chi connectivity index (χ2v) is 6.41. The molecule has 0 spiro atoms. The van der Waals surface area contributed by atoms with E-state index in [2.05, 4.69) is 17.2 Å². The van der Waals surface area contributed by atoms with Crippen molar-refractivity contribution in [1.29, 1.82) is 0 Å². The highest BCUT2D eigenvalue weighted by Crippen LogP contribution is 2.10. The molecule has 106 valence electrons. The first-order valence-electron chi connectivity index (χ1n) is 6.26. The van der Waals surface area contributed by atoms with E-state index in [1.54, 1.807) is 24.3 Å². The molecule has 5 nitrogen and oxygen atoms in total. The summed E-state index contributed by atoms with van der Waals surface area (Å²) in [7, 11) is -3.14. The molecule has 6 heteroatoms. The van der Waals surface area contributed by atoms with Crippen molar-refractivity contribution < 1.29 is 8.42 Å². The lowest BCUT2D eigenvalue weighted by atomic mass is 10.2. The fourth-order valence-electron chi connectivity index (χ4n) is 1.47. The lowest BCUT2D eigenvalue weighted by Gasteiger charge is -2.04. The molecule has 0 radical (unpaired) electrons. The Morgan fingerprint density at radius 2 is 1.95 bits per heavy atom. The summed E-state index contributed by atoms with van der Waals surface area (Å²) in [5.74, 6) is 0.417. The predicted molar refractivity (Wildman–Crippen MR) is 77.8 cm³/mol. The van der Waals surface area contributed by atoms with E-state index in [0.717, 1.165) is 24.9 Å². The molecular weight excluding hydrogens is 262 g/mol. The molecule has 0 atom stereocenters. The molecule has 0 saturated heterocycles. The van der Waals surface area contributed by atoms with Gasteiger partial charge in [0.2, 0.25) is 0 Å². The Balaban J connectivity index is 2.56. The van der Waals surface area contributed by atoms with Crippen LogP contribution < -0.4 is 11.1 Å². The van der Waals surface area contributed by atoms with E-state index in [1.165, 1.54) is 6.26 Å². The molecule has 1 rings (SSSR count). The number of hydrogen-bond donors (Lipinski definition) is 2. The van der Waals surface area contributed by atoms with Crippen LogP contribution in [0.1, 0.15) is 25.3 Å². The van der Waals surface area contributed by atoms with E-state index in [1.807, 2.05) is 0 Å². The zero-order valence-electron chi connectivity index (χ0n) is 11.4. The second kappa shape index (κ2) is 7.13. The van der Waals surface area contributed by atoms with Gasteiger partial charge in [-0.1, -0.05) is 25.5 Å². The number of hydrogen-bond acceptors (Lipinski definition) is 3. The summed E-state index contributed by atoms with van der Waals surface area (Å²) in [6.45, 7) is 3.37. The number of nitrogens with one attached hydrogen (secondary N) is 1. The fourth-order valence-corrected chi connectivity index (χ4v) is 2.10. The van der Waals surface area contributed by atoms with Crippen LogP contribution >= 0.6 is 0 Å². The molecule has 0 bridgehead atoms. The minimum Gasteiger partial charge on any atom is -0.370 e. The normalized spacial score (nSPS) is 12.4. The Kier molecular flexibility index (Phi) is 5.82. The van der Waals surface area contributed by atoms with Gasteiger partial charge in [-0.3, -0.25) is 0 Å². The first-order valence-corrected chi connectivity index (χ1v) is 8.15. The zero-order chi connectivity index (χ0) is 14.3. The molecule has 1 aromatic carbocycles. The predicted octanol–water partition coefficient (Wildman–Crippen LogP) is 1.29. The van der Waals surface area contributed by atoms with Crippen molar-refractivity contribution in [3.05, 3.63) is 29.8 Å². The topological polar surface area (TPSA) is 84.5 Å². The number of nitrogens with zero attached hydrogens (tertiary/aromatic N) is 1. The summed E-state index contributed by atoms with van der Waals surface area (Å²) in [5.41, 5.74) is 6.63. The Hall–Kier alpha value is -1.56. The van der Waals surface area contributed by atoms with E-state index in [0.29, 0.717) is 17.4 Å². The van der Waals surface area contributed by atoms with Crippen LogP contribution in [0.2, 0.25) is 0 Å². The minimum absolute atomic E-state index is 0.314. The van der Waals surface area contributed by atoms with Gasteiger partial charge in [-0.25, -0.2) is 13.4 Å². The van der Waals surface area contributed by atoms with Crippen LogP contribution in [0.5, 0.6) is 0 Å². The van der Waals surface area contributed by atoms with Gasteiger partial charge in [0.15, 0.2) is 15.8 Å². The van der Waals surface area contributed by atoms with Crippen molar-refractivity contribution in [2.45, 2.75) is 31.2 Å². The number of aliphatic imine (C=N–C) groups is 1. The standard InChI is InChI=1S/C13H21N3O2S/c1-3-4-9-15-13(14)16-10-11-5-7-12(8-6-11)19(2,17)18/h5-8H,3-4,9-10H2,1-2H3,(H3,14,15,16). The van der Waals surface area contributed by atoms with Crippen LogP contribution in [0.3, 0.4) is 0 Å². The highest BCUT2D eigenvalue weighted by atomic mass is 32.2. The highest BCUT2D eigenvalue weighted by Gasteiger charge is 2.05. The van der Waals surface area contributed by atoms with Crippen molar-refractivity contribution in [1.82, 2.24) is 5.32 Å². The van der Waals surface area contributed by atoms with Crippen LogP contribution in [0.15, 0.2) is 34.2 Å². The first kappa shape index (κ1) is 15.5. The lowest BCUT2D eigenvalue weighted by Crippen LogP contribution is -2.32. The van der Waals surface area contributed by atoms with Crippen molar-refractivity contribution in [2.24, 2.45) is 10.7 Å². The monoisotopic (exact) mass is 283 g/mol. The number of sulfone groups is 1. The highest BCUT2D eigenvalue weighted by molar-refractivity contribution is 7.90. The van der Waals surface area contributed by atoms with Gasteiger partial charge in [0.25, 0.3) is 0 Å². The summed E-state index contributed by atoms with van der Waals surface area (Å²) in [6.07, 6.45) is 3.35. The molecular formula is C13H21N3O2S. The maximum Gasteiger partial charge on any atom is 0.188 e. The molecule has 0 aliphatic heterocycles. The number of rotatable bonds is 6. The van der Waals surface area contributed by atoms with Gasteiger partial charge >= 0.3 is 0 Å². The Labute approximate surface area is 114 Å². The Morgan fingerprint density at radius 3 is 2.47 bits per heavy atom. The van der Waals surface area contributed by atoms with Crippen molar-refractivity contribution in [3.8, 4) is 0 Å². The molecule has 0 aliphatic rings. The van der Waals surface area contributed by atoms with Crippen molar-refractivity contribution in [2.75, 3.05) is 12.8 Å². The Bertz CT molecular complexity index is 521. The van der Waals surface area contributed by atoms with Crippen molar-refractivity contribution in [3.63, 3.8) is 0 Å². The van der Waals surface area contributed by atoms with E-state index in [-0.39, 0.29) is 0 Å². The van der Waals surface area contributed by atoms with Crippen molar-refractivity contribution >= 4 is 15.8 Å². The molecule has 0 fully saturated rings. The lowest BCUT2D eigenvalue weighted by molar-refractivity contribution is 0.602. The quantitative estimate of drug-likeness (QED) is 0.468. The molecule has 0 heterocycles. The van der Waals surface area contributed by atoms with Gasteiger partial charge < -0.3 is 11.1 Å². The van der Waals surface area contributed by atoms with Crippen LogP contribution in [0.25, 0.3) is 0 Å². The molecule has 0 saturated carbocycles. The number of unbranched alkanes of at least 4 members (excludes halogenated alkanes) is 1. The van der Waals surface area contributed by atoms with Gasteiger partial charge in [0.1, 0.15) is 0 Å². The average molecular weight is 283 g/mol.